The summed E-state index contributed by atoms with van der Waals surface area (Å²) in [6.45, 7) is 6.12. The molecule has 0 saturated heterocycles. The van der Waals surface area contributed by atoms with Gasteiger partial charge in [0.25, 0.3) is 0 Å². The molecule has 2 N–H and O–H groups in total. The summed E-state index contributed by atoms with van der Waals surface area (Å²) in [5.41, 5.74) is 2.08. The van der Waals surface area contributed by atoms with Crippen molar-refractivity contribution in [2.45, 2.75) is 26.8 Å². The van der Waals surface area contributed by atoms with E-state index in [-0.39, 0.29) is 18.5 Å². The van der Waals surface area contributed by atoms with E-state index < -0.39 is 0 Å². The number of benzene rings is 1. The van der Waals surface area contributed by atoms with Crippen LogP contribution in [-0.2, 0) is 4.79 Å². The smallest absolute Gasteiger partial charge is 0.239 e. The van der Waals surface area contributed by atoms with E-state index in [4.69, 9.17) is 12.2 Å². The average Bonchev–Trinajstić information content (AvgIpc) is 2.30. The Morgan fingerprint density at radius 1 is 1.37 bits per heavy atom. The molecule has 0 saturated carbocycles. The lowest BCUT2D eigenvalue weighted by Gasteiger charge is -2.21. The molecular weight excluding hydrogens is 258 g/mol. The first-order chi connectivity index (χ1) is 8.90. The van der Waals surface area contributed by atoms with Gasteiger partial charge >= 0.3 is 0 Å². The van der Waals surface area contributed by atoms with Crippen molar-refractivity contribution in [3.8, 4) is 0 Å². The summed E-state index contributed by atoms with van der Waals surface area (Å²) < 4.78 is 0. The standard InChI is InChI=1S/C14H21N3OS/c1-10(2)15-13(18)9-17(4)14(19)16-12-8-6-5-7-11(12)3/h5-8,10H,9H2,1-4H3,(H,15,18)(H,16,19). The van der Waals surface area contributed by atoms with Gasteiger partial charge in [-0.25, -0.2) is 0 Å². The minimum Gasteiger partial charge on any atom is -0.352 e. The number of hydrogen-bond donors (Lipinski definition) is 2. The lowest BCUT2D eigenvalue weighted by atomic mass is 10.2. The summed E-state index contributed by atoms with van der Waals surface area (Å²) in [5, 5.41) is 6.52. The third-order valence-electron chi connectivity index (χ3n) is 2.56. The first kappa shape index (κ1) is 15.4. The first-order valence-electron chi connectivity index (χ1n) is 6.27. The Balaban J connectivity index is 2.54. The molecule has 0 aliphatic carbocycles. The number of hydrogen-bond acceptors (Lipinski definition) is 2. The van der Waals surface area contributed by atoms with E-state index >= 15 is 0 Å². The number of para-hydroxylation sites is 1. The summed E-state index contributed by atoms with van der Waals surface area (Å²) in [4.78, 5) is 13.4. The fraction of sp³-hybridized carbons (Fsp3) is 0.429. The molecule has 1 aromatic rings. The Morgan fingerprint density at radius 2 is 2.00 bits per heavy atom. The molecule has 1 rings (SSSR count). The van der Waals surface area contributed by atoms with Crippen LogP contribution in [0.2, 0.25) is 0 Å². The number of anilines is 1. The molecule has 0 atom stereocenters. The van der Waals surface area contributed by atoms with Crippen molar-refractivity contribution >= 4 is 28.9 Å². The van der Waals surface area contributed by atoms with Crippen molar-refractivity contribution in [1.29, 1.82) is 0 Å². The van der Waals surface area contributed by atoms with Gasteiger partial charge in [0.1, 0.15) is 0 Å². The normalized spacial score (nSPS) is 10.2. The van der Waals surface area contributed by atoms with Crippen LogP contribution in [0.4, 0.5) is 5.69 Å². The molecule has 0 fully saturated rings. The molecule has 0 aliphatic rings. The van der Waals surface area contributed by atoms with Crippen LogP contribution in [0.5, 0.6) is 0 Å². The number of aryl methyl sites for hydroxylation is 1. The lowest BCUT2D eigenvalue weighted by molar-refractivity contribution is -0.121. The Kier molecular flexibility index (Phi) is 5.76. The molecule has 1 amide bonds. The molecule has 1 aromatic carbocycles. The maximum Gasteiger partial charge on any atom is 0.239 e. The fourth-order valence-corrected chi connectivity index (χ4v) is 1.75. The van der Waals surface area contributed by atoms with Gasteiger partial charge in [0.15, 0.2) is 5.11 Å². The highest BCUT2D eigenvalue weighted by Crippen LogP contribution is 2.13. The van der Waals surface area contributed by atoms with Gasteiger partial charge in [-0.1, -0.05) is 18.2 Å². The quantitative estimate of drug-likeness (QED) is 0.829. The van der Waals surface area contributed by atoms with Crippen LogP contribution in [0.1, 0.15) is 19.4 Å². The minimum atomic E-state index is -0.0357. The zero-order valence-corrected chi connectivity index (χ0v) is 12.7. The zero-order valence-electron chi connectivity index (χ0n) is 11.9. The highest BCUT2D eigenvalue weighted by Gasteiger charge is 2.11. The second kappa shape index (κ2) is 7.09. The van der Waals surface area contributed by atoms with Crippen molar-refractivity contribution < 1.29 is 4.79 Å². The second-order valence-corrected chi connectivity index (χ2v) is 5.21. The van der Waals surface area contributed by atoms with Crippen LogP contribution in [0.25, 0.3) is 0 Å². The van der Waals surface area contributed by atoms with Gasteiger partial charge in [-0.15, -0.1) is 0 Å². The largest absolute Gasteiger partial charge is 0.352 e. The predicted molar refractivity (Wildman–Crippen MR) is 83.3 cm³/mol. The fourth-order valence-electron chi connectivity index (χ4n) is 1.58. The van der Waals surface area contributed by atoms with E-state index in [1.807, 2.05) is 45.0 Å². The van der Waals surface area contributed by atoms with Gasteiger partial charge in [-0.2, -0.15) is 0 Å². The number of likely N-dealkylation sites (N-methyl/N-ethyl adjacent to an activating group) is 1. The topological polar surface area (TPSA) is 44.4 Å². The molecule has 5 heteroatoms. The van der Waals surface area contributed by atoms with E-state index in [2.05, 4.69) is 10.6 Å². The van der Waals surface area contributed by atoms with E-state index in [1.54, 1.807) is 11.9 Å². The van der Waals surface area contributed by atoms with Crippen molar-refractivity contribution in [3.63, 3.8) is 0 Å². The number of rotatable bonds is 4. The summed E-state index contributed by atoms with van der Waals surface area (Å²) in [7, 11) is 1.80. The third kappa shape index (κ3) is 5.26. The molecule has 0 aromatic heterocycles. The maximum absolute atomic E-state index is 11.6. The number of thiocarbonyl (C=S) groups is 1. The van der Waals surface area contributed by atoms with Crippen LogP contribution in [-0.4, -0.2) is 35.6 Å². The van der Waals surface area contributed by atoms with Crippen LogP contribution in [0.3, 0.4) is 0 Å². The van der Waals surface area contributed by atoms with Gasteiger partial charge in [-0.3, -0.25) is 4.79 Å². The minimum absolute atomic E-state index is 0.0357. The molecule has 19 heavy (non-hydrogen) atoms. The third-order valence-corrected chi connectivity index (χ3v) is 2.98. The van der Waals surface area contributed by atoms with Crippen LogP contribution in [0.15, 0.2) is 24.3 Å². The molecule has 0 heterocycles. The zero-order chi connectivity index (χ0) is 14.4. The van der Waals surface area contributed by atoms with Gasteiger partial charge in [-0.05, 0) is 44.6 Å². The summed E-state index contributed by atoms with van der Waals surface area (Å²) in [6, 6.07) is 8.03. The van der Waals surface area contributed by atoms with Gasteiger partial charge in [0.05, 0.1) is 6.54 Å². The molecule has 0 aliphatic heterocycles. The summed E-state index contributed by atoms with van der Waals surface area (Å²) >= 11 is 5.29. The van der Waals surface area contributed by atoms with Gasteiger partial charge in [0, 0.05) is 18.8 Å². The Morgan fingerprint density at radius 3 is 2.58 bits per heavy atom. The highest BCUT2D eigenvalue weighted by atomic mass is 32.1. The Labute approximate surface area is 120 Å². The highest BCUT2D eigenvalue weighted by molar-refractivity contribution is 7.80. The van der Waals surface area contributed by atoms with E-state index in [9.17, 15) is 4.79 Å². The molecule has 0 radical (unpaired) electrons. The number of carbonyl (C=O) groups is 1. The van der Waals surface area contributed by atoms with Crippen molar-refractivity contribution in [1.82, 2.24) is 10.2 Å². The van der Waals surface area contributed by atoms with E-state index in [0.717, 1.165) is 11.3 Å². The van der Waals surface area contributed by atoms with Gasteiger partial charge in [0.2, 0.25) is 5.91 Å². The average molecular weight is 279 g/mol. The van der Waals surface area contributed by atoms with E-state index in [1.165, 1.54) is 0 Å². The lowest BCUT2D eigenvalue weighted by Crippen LogP contribution is -2.42. The van der Waals surface area contributed by atoms with Crippen molar-refractivity contribution in [2.24, 2.45) is 0 Å². The monoisotopic (exact) mass is 279 g/mol. The Bertz CT molecular complexity index is 460. The first-order valence-corrected chi connectivity index (χ1v) is 6.68. The Hall–Kier alpha value is -1.62. The number of carbonyl (C=O) groups excluding carboxylic acids is 1. The summed E-state index contributed by atoms with van der Waals surface area (Å²) in [6.07, 6.45) is 0. The molecule has 0 unspecified atom stereocenters. The summed E-state index contributed by atoms with van der Waals surface area (Å²) in [5.74, 6) is -0.0357. The molecule has 104 valence electrons. The molecule has 0 spiro atoms. The SMILES string of the molecule is Cc1ccccc1NC(=S)N(C)CC(=O)NC(C)C. The molecule has 4 nitrogen and oxygen atoms in total. The van der Waals surface area contributed by atoms with Crippen molar-refractivity contribution in [3.05, 3.63) is 29.8 Å². The number of amides is 1. The van der Waals surface area contributed by atoms with E-state index in [0.29, 0.717) is 5.11 Å². The number of nitrogens with one attached hydrogen (secondary N) is 2. The van der Waals surface area contributed by atoms with Crippen LogP contribution in [0, 0.1) is 6.92 Å². The maximum atomic E-state index is 11.6. The van der Waals surface area contributed by atoms with Crippen LogP contribution >= 0.6 is 12.2 Å². The number of nitrogens with zero attached hydrogens (tertiary/aromatic N) is 1. The van der Waals surface area contributed by atoms with Crippen LogP contribution < -0.4 is 10.6 Å². The van der Waals surface area contributed by atoms with Gasteiger partial charge < -0.3 is 15.5 Å². The molecular formula is C14H21N3OS. The van der Waals surface area contributed by atoms with Crippen molar-refractivity contribution in [2.75, 3.05) is 18.9 Å². The molecule has 0 bridgehead atoms. The second-order valence-electron chi connectivity index (χ2n) is 4.82. The predicted octanol–water partition coefficient (Wildman–Crippen LogP) is 2.15.